The number of carbonyl (C=O) groups excluding carboxylic acids is 1. The SMILES string of the molecule is CC(C)N(Cc1ccnc(-c2ccc(F)c(OC(F)(F)F)c2)c1)C(=O)c1cn(C)cn1. The van der Waals surface area contributed by atoms with Crippen molar-refractivity contribution in [2.45, 2.75) is 32.8 Å². The lowest BCUT2D eigenvalue weighted by atomic mass is 10.1. The molecule has 31 heavy (non-hydrogen) atoms. The van der Waals surface area contributed by atoms with Gasteiger partial charge in [0.15, 0.2) is 11.6 Å². The van der Waals surface area contributed by atoms with E-state index in [2.05, 4.69) is 14.7 Å². The van der Waals surface area contributed by atoms with Crippen molar-refractivity contribution < 1.29 is 27.1 Å². The number of hydrogen-bond acceptors (Lipinski definition) is 4. The van der Waals surface area contributed by atoms with Crippen LogP contribution in [0, 0.1) is 5.82 Å². The van der Waals surface area contributed by atoms with E-state index in [1.54, 1.807) is 34.8 Å². The minimum Gasteiger partial charge on any atom is -0.403 e. The average Bonchev–Trinajstić information content (AvgIpc) is 3.12. The summed E-state index contributed by atoms with van der Waals surface area (Å²) >= 11 is 0. The number of aryl methyl sites for hydroxylation is 1. The minimum absolute atomic E-state index is 0.135. The second-order valence-electron chi connectivity index (χ2n) is 7.19. The molecule has 0 unspecified atom stereocenters. The van der Waals surface area contributed by atoms with Gasteiger partial charge in [-0.1, -0.05) is 0 Å². The van der Waals surface area contributed by atoms with E-state index in [4.69, 9.17) is 0 Å². The van der Waals surface area contributed by atoms with Crippen LogP contribution in [0.15, 0.2) is 49.1 Å². The van der Waals surface area contributed by atoms with Gasteiger partial charge in [-0.25, -0.2) is 9.37 Å². The highest BCUT2D eigenvalue weighted by atomic mass is 19.4. The summed E-state index contributed by atoms with van der Waals surface area (Å²) in [5.41, 5.74) is 1.57. The molecule has 2 aromatic heterocycles. The van der Waals surface area contributed by atoms with E-state index in [9.17, 15) is 22.4 Å². The molecule has 1 aromatic carbocycles. The first-order valence-corrected chi connectivity index (χ1v) is 9.33. The fourth-order valence-electron chi connectivity index (χ4n) is 2.95. The van der Waals surface area contributed by atoms with E-state index < -0.39 is 17.9 Å². The number of carbonyl (C=O) groups is 1. The van der Waals surface area contributed by atoms with Crippen LogP contribution in [0.2, 0.25) is 0 Å². The number of imidazole rings is 1. The largest absolute Gasteiger partial charge is 0.573 e. The highest BCUT2D eigenvalue weighted by Crippen LogP contribution is 2.30. The van der Waals surface area contributed by atoms with Crippen molar-refractivity contribution in [2.24, 2.45) is 7.05 Å². The van der Waals surface area contributed by atoms with Crippen LogP contribution in [-0.4, -0.2) is 37.7 Å². The Bertz CT molecular complexity index is 1080. The molecule has 0 aliphatic heterocycles. The van der Waals surface area contributed by atoms with Crippen LogP contribution in [0.4, 0.5) is 17.6 Å². The quantitative estimate of drug-likeness (QED) is 0.531. The van der Waals surface area contributed by atoms with Gasteiger partial charge in [0, 0.05) is 37.6 Å². The molecule has 3 aromatic rings. The Morgan fingerprint density at radius 3 is 2.55 bits per heavy atom. The zero-order valence-electron chi connectivity index (χ0n) is 17.0. The van der Waals surface area contributed by atoms with Gasteiger partial charge in [0.25, 0.3) is 5.91 Å². The number of alkyl halides is 3. The number of halogens is 4. The Kier molecular flexibility index (Phi) is 6.28. The zero-order valence-corrected chi connectivity index (χ0v) is 17.0. The molecule has 0 saturated heterocycles. The molecule has 1 amide bonds. The summed E-state index contributed by atoms with van der Waals surface area (Å²) in [7, 11) is 1.76. The topological polar surface area (TPSA) is 60.3 Å². The van der Waals surface area contributed by atoms with Crippen molar-refractivity contribution in [1.29, 1.82) is 0 Å². The first kappa shape index (κ1) is 22.3. The van der Waals surface area contributed by atoms with Crippen LogP contribution >= 0.6 is 0 Å². The minimum atomic E-state index is -5.02. The van der Waals surface area contributed by atoms with Gasteiger partial charge >= 0.3 is 6.36 Å². The number of benzene rings is 1. The van der Waals surface area contributed by atoms with Gasteiger partial charge in [-0.2, -0.15) is 0 Å². The molecule has 0 aliphatic carbocycles. The zero-order chi connectivity index (χ0) is 22.8. The van der Waals surface area contributed by atoms with Gasteiger partial charge in [-0.15, -0.1) is 13.2 Å². The molecule has 0 saturated carbocycles. The number of pyridine rings is 1. The summed E-state index contributed by atoms with van der Waals surface area (Å²) in [6.45, 7) is 3.96. The van der Waals surface area contributed by atoms with Gasteiger partial charge in [-0.3, -0.25) is 9.78 Å². The third-order valence-corrected chi connectivity index (χ3v) is 4.44. The number of hydrogen-bond donors (Lipinski definition) is 0. The average molecular weight is 436 g/mol. The fraction of sp³-hybridized carbons (Fsp3) is 0.286. The lowest BCUT2D eigenvalue weighted by Gasteiger charge is -2.26. The highest BCUT2D eigenvalue weighted by Gasteiger charge is 2.32. The Labute approximate surface area is 176 Å². The highest BCUT2D eigenvalue weighted by molar-refractivity contribution is 5.92. The van der Waals surface area contributed by atoms with Crippen molar-refractivity contribution in [3.63, 3.8) is 0 Å². The van der Waals surface area contributed by atoms with Crippen molar-refractivity contribution in [2.75, 3.05) is 0 Å². The predicted octanol–water partition coefficient (Wildman–Crippen LogP) is 4.57. The summed E-state index contributed by atoms with van der Waals surface area (Å²) in [4.78, 5) is 22.7. The second kappa shape index (κ2) is 8.75. The molecule has 2 heterocycles. The number of rotatable bonds is 6. The summed E-state index contributed by atoms with van der Waals surface area (Å²) in [6, 6.07) is 6.32. The first-order valence-electron chi connectivity index (χ1n) is 9.33. The molecule has 0 radical (unpaired) electrons. The maximum absolute atomic E-state index is 13.7. The van der Waals surface area contributed by atoms with E-state index in [-0.39, 0.29) is 24.1 Å². The Morgan fingerprint density at radius 2 is 1.94 bits per heavy atom. The number of amides is 1. The predicted molar refractivity (Wildman–Crippen MR) is 105 cm³/mol. The van der Waals surface area contributed by atoms with Crippen molar-refractivity contribution in [1.82, 2.24) is 19.4 Å². The lowest BCUT2D eigenvalue weighted by molar-refractivity contribution is -0.275. The van der Waals surface area contributed by atoms with Crippen molar-refractivity contribution >= 4 is 5.91 Å². The van der Waals surface area contributed by atoms with Crippen LogP contribution in [0.1, 0.15) is 29.9 Å². The smallest absolute Gasteiger partial charge is 0.403 e. The molecule has 0 fully saturated rings. The third kappa shape index (κ3) is 5.59. The summed E-state index contributed by atoms with van der Waals surface area (Å²) in [5, 5.41) is 0. The molecule has 10 heteroatoms. The number of nitrogens with zero attached hydrogens (tertiary/aromatic N) is 4. The number of ether oxygens (including phenoxy) is 1. The molecular weight excluding hydrogens is 416 g/mol. The van der Waals surface area contributed by atoms with E-state index in [1.807, 2.05) is 13.8 Å². The first-order chi connectivity index (χ1) is 14.5. The lowest BCUT2D eigenvalue weighted by Crippen LogP contribution is -2.36. The Hall–Kier alpha value is -3.43. The van der Waals surface area contributed by atoms with Crippen LogP contribution in [0.3, 0.4) is 0 Å². The molecule has 0 atom stereocenters. The maximum Gasteiger partial charge on any atom is 0.573 e. The summed E-state index contributed by atoms with van der Waals surface area (Å²) < 4.78 is 56.6. The third-order valence-electron chi connectivity index (χ3n) is 4.44. The van der Waals surface area contributed by atoms with Gasteiger partial charge < -0.3 is 14.2 Å². The second-order valence-corrected chi connectivity index (χ2v) is 7.19. The van der Waals surface area contributed by atoms with Gasteiger partial charge in [0.2, 0.25) is 0 Å². The van der Waals surface area contributed by atoms with Crippen LogP contribution < -0.4 is 4.74 Å². The van der Waals surface area contributed by atoms with Crippen LogP contribution in [-0.2, 0) is 13.6 Å². The van der Waals surface area contributed by atoms with E-state index in [0.29, 0.717) is 17.0 Å². The normalized spacial score (nSPS) is 11.6. The molecule has 0 aliphatic rings. The molecule has 0 bridgehead atoms. The molecular formula is C21H20F4N4O2. The van der Waals surface area contributed by atoms with Crippen molar-refractivity contribution in [3.05, 3.63) is 66.1 Å². The van der Waals surface area contributed by atoms with Crippen molar-refractivity contribution in [3.8, 4) is 17.0 Å². The monoisotopic (exact) mass is 436 g/mol. The van der Waals surface area contributed by atoms with E-state index in [1.165, 1.54) is 18.6 Å². The van der Waals surface area contributed by atoms with Gasteiger partial charge in [-0.05, 0) is 49.7 Å². The fourth-order valence-corrected chi connectivity index (χ4v) is 2.95. The Balaban J connectivity index is 1.87. The summed E-state index contributed by atoms with van der Waals surface area (Å²) in [5.74, 6) is -2.33. The molecule has 3 rings (SSSR count). The molecule has 0 spiro atoms. The van der Waals surface area contributed by atoms with E-state index >= 15 is 0 Å². The molecule has 6 nitrogen and oxygen atoms in total. The molecule has 0 N–H and O–H groups in total. The standard InChI is InChI=1S/C21H20F4N4O2/c1-13(2)29(20(30)18-11-28(3)12-27-18)10-14-6-7-26-17(8-14)15-4-5-16(22)19(9-15)31-21(23,24)25/h4-9,11-13H,10H2,1-3H3. The summed E-state index contributed by atoms with van der Waals surface area (Å²) in [6.07, 6.45) is -0.387. The van der Waals surface area contributed by atoms with Crippen LogP contribution in [0.5, 0.6) is 5.75 Å². The van der Waals surface area contributed by atoms with Gasteiger partial charge in [0.1, 0.15) is 5.69 Å². The Morgan fingerprint density at radius 1 is 1.19 bits per heavy atom. The van der Waals surface area contributed by atoms with Crippen LogP contribution in [0.25, 0.3) is 11.3 Å². The van der Waals surface area contributed by atoms with Gasteiger partial charge in [0.05, 0.1) is 12.0 Å². The molecule has 164 valence electrons. The van der Waals surface area contributed by atoms with E-state index in [0.717, 1.165) is 12.1 Å². The maximum atomic E-state index is 13.7. The number of aromatic nitrogens is 3.